The Hall–Kier alpha value is -2.64. The van der Waals surface area contributed by atoms with Crippen molar-refractivity contribution in [3.8, 4) is 5.75 Å². The fourth-order valence-corrected chi connectivity index (χ4v) is 5.61. The van der Waals surface area contributed by atoms with Gasteiger partial charge >= 0.3 is 0 Å². The van der Waals surface area contributed by atoms with Gasteiger partial charge in [0.2, 0.25) is 11.8 Å². The lowest BCUT2D eigenvalue weighted by molar-refractivity contribution is -0.129. The molecule has 3 heterocycles. The first kappa shape index (κ1) is 22.2. The van der Waals surface area contributed by atoms with E-state index in [9.17, 15) is 14.7 Å². The summed E-state index contributed by atoms with van der Waals surface area (Å²) in [5.74, 6) is 0.747. The molecule has 4 unspecified atom stereocenters. The zero-order valence-electron chi connectivity index (χ0n) is 19.0. The average molecular weight is 452 g/mol. The van der Waals surface area contributed by atoms with Crippen molar-refractivity contribution in [3.05, 3.63) is 47.6 Å². The number of aliphatic hydroxyl groups is 1. The van der Waals surface area contributed by atoms with Crippen molar-refractivity contribution in [2.45, 2.75) is 56.1 Å². The third kappa shape index (κ3) is 4.57. The number of carbonyl (C=O) groups is 2. The molecule has 2 amide bonds. The Bertz CT molecular complexity index is 974. The number of aliphatic hydroxyl groups excluding tert-OH is 1. The Morgan fingerprint density at radius 3 is 2.85 bits per heavy atom. The van der Waals surface area contributed by atoms with Crippen molar-refractivity contribution in [1.82, 2.24) is 15.1 Å². The molecule has 1 saturated heterocycles. The van der Waals surface area contributed by atoms with Crippen LogP contribution in [-0.4, -0.2) is 71.8 Å². The van der Waals surface area contributed by atoms with E-state index in [1.807, 2.05) is 29.2 Å². The summed E-state index contributed by atoms with van der Waals surface area (Å²) in [4.78, 5) is 29.6. The van der Waals surface area contributed by atoms with Crippen LogP contribution in [0.2, 0.25) is 0 Å². The molecule has 4 atom stereocenters. The van der Waals surface area contributed by atoms with Crippen molar-refractivity contribution in [2.24, 2.45) is 0 Å². The Morgan fingerprint density at radius 2 is 1.94 bits per heavy atom. The van der Waals surface area contributed by atoms with E-state index in [0.29, 0.717) is 32.5 Å². The molecule has 1 aliphatic carbocycles. The van der Waals surface area contributed by atoms with Gasteiger partial charge in [-0.25, -0.2) is 0 Å². The van der Waals surface area contributed by atoms with Crippen LogP contribution in [0.15, 0.2) is 36.4 Å². The Morgan fingerprint density at radius 1 is 1.06 bits per heavy atom. The van der Waals surface area contributed by atoms with Crippen molar-refractivity contribution >= 4 is 17.9 Å². The van der Waals surface area contributed by atoms with Crippen LogP contribution in [0.3, 0.4) is 0 Å². The fourth-order valence-electron chi connectivity index (χ4n) is 5.61. The quantitative estimate of drug-likeness (QED) is 0.632. The smallest absolute Gasteiger partial charge is 0.247 e. The molecule has 2 N–H and O–H groups in total. The molecule has 0 aromatic heterocycles. The molecular formula is C26H33N3O4. The van der Waals surface area contributed by atoms with Gasteiger partial charge in [0.15, 0.2) is 0 Å². The lowest BCUT2D eigenvalue weighted by Gasteiger charge is -2.38. The zero-order valence-corrected chi connectivity index (χ0v) is 19.0. The van der Waals surface area contributed by atoms with Gasteiger partial charge in [0.1, 0.15) is 11.9 Å². The summed E-state index contributed by atoms with van der Waals surface area (Å²) in [6, 6.07) is 5.98. The van der Waals surface area contributed by atoms with Gasteiger partial charge in [-0.1, -0.05) is 12.1 Å². The number of nitrogens with one attached hydrogen (secondary N) is 1. The summed E-state index contributed by atoms with van der Waals surface area (Å²) in [7, 11) is 0. The van der Waals surface area contributed by atoms with Gasteiger partial charge in [0, 0.05) is 37.7 Å². The van der Waals surface area contributed by atoms with E-state index in [-0.39, 0.29) is 17.9 Å². The average Bonchev–Trinajstić information content (AvgIpc) is 3.13. The number of ether oxygens (including phenoxy) is 1. The SMILES string of the molecule is O=C1/C=C\C23CCC(O)CC2Oc2ccc(cc23)/C=C\C(=O)N2CCCN(CCCCN1)C2. The summed E-state index contributed by atoms with van der Waals surface area (Å²) in [6.45, 7) is 4.00. The minimum atomic E-state index is -0.446. The van der Waals surface area contributed by atoms with Crippen LogP contribution in [0.4, 0.5) is 0 Å². The second-order valence-corrected chi connectivity index (χ2v) is 9.71. The highest BCUT2D eigenvalue weighted by molar-refractivity contribution is 5.92. The molecule has 4 aliphatic rings. The van der Waals surface area contributed by atoms with Gasteiger partial charge in [0.25, 0.3) is 0 Å². The van der Waals surface area contributed by atoms with E-state index in [2.05, 4.69) is 16.3 Å². The van der Waals surface area contributed by atoms with Crippen molar-refractivity contribution in [2.75, 3.05) is 32.8 Å². The maximum absolute atomic E-state index is 12.9. The van der Waals surface area contributed by atoms with Gasteiger partial charge < -0.3 is 20.1 Å². The molecule has 1 aromatic carbocycles. The molecule has 7 heteroatoms. The third-order valence-electron chi connectivity index (χ3n) is 7.46. The highest BCUT2D eigenvalue weighted by Gasteiger charge is 2.50. The number of hydrogen-bond acceptors (Lipinski definition) is 5. The minimum Gasteiger partial charge on any atom is -0.489 e. The number of rotatable bonds is 0. The summed E-state index contributed by atoms with van der Waals surface area (Å²) in [5, 5.41) is 13.3. The van der Waals surface area contributed by atoms with E-state index >= 15 is 0 Å². The minimum absolute atomic E-state index is 0.0399. The van der Waals surface area contributed by atoms with Crippen LogP contribution in [0.5, 0.6) is 5.75 Å². The van der Waals surface area contributed by atoms with Gasteiger partial charge in [-0.05, 0) is 68.5 Å². The molecule has 2 fully saturated rings. The predicted molar refractivity (Wildman–Crippen MR) is 126 cm³/mol. The second-order valence-electron chi connectivity index (χ2n) is 9.71. The molecule has 4 bridgehead atoms. The number of carbonyl (C=O) groups excluding carboxylic acids is 2. The molecular weight excluding hydrogens is 418 g/mol. The monoisotopic (exact) mass is 451 g/mol. The van der Waals surface area contributed by atoms with E-state index in [1.165, 1.54) is 0 Å². The van der Waals surface area contributed by atoms with Crippen LogP contribution in [-0.2, 0) is 15.0 Å². The molecule has 1 spiro atoms. The highest BCUT2D eigenvalue weighted by Crippen LogP contribution is 2.51. The molecule has 3 aliphatic heterocycles. The van der Waals surface area contributed by atoms with Gasteiger partial charge in [0.05, 0.1) is 18.2 Å². The van der Waals surface area contributed by atoms with Crippen LogP contribution >= 0.6 is 0 Å². The van der Waals surface area contributed by atoms with Gasteiger partial charge in [-0.2, -0.15) is 0 Å². The Labute approximate surface area is 195 Å². The molecule has 0 radical (unpaired) electrons. The Balaban J connectivity index is 1.48. The summed E-state index contributed by atoms with van der Waals surface area (Å²) >= 11 is 0. The fraction of sp³-hybridized carbons (Fsp3) is 0.538. The van der Waals surface area contributed by atoms with Gasteiger partial charge in [-0.15, -0.1) is 0 Å². The lowest BCUT2D eigenvalue weighted by Crippen LogP contribution is -2.47. The summed E-state index contributed by atoms with van der Waals surface area (Å²) in [5.41, 5.74) is 1.52. The maximum atomic E-state index is 12.9. The number of nitrogens with zero attached hydrogens (tertiary/aromatic N) is 2. The predicted octanol–water partition coefficient (Wildman–Crippen LogP) is 2.20. The first-order valence-corrected chi connectivity index (χ1v) is 12.2. The zero-order chi connectivity index (χ0) is 22.8. The first-order chi connectivity index (χ1) is 16.0. The van der Waals surface area contributed by atoms with Crippen LogP contribution in [0.1, 0.15) is 49.7 Å². The first-order valence-electron chi connectivity index (χ1n) is 12.2. The van der Waals surface area contributed by atoms with E-state index < -0.39 is 11.5 Å². The summed E-state index contributed by atoms with van der Waals surface area (Å²) < 4.78 is 6.25. The molecule has 5 rings (SSSR count). The second kappa shape index (κ2) is 9.31. The van der Waals surface area contributed by atoms with E-state index in [4.69, 9.17) is 4.74 Å². The normalized spacial score (nSPS) is 34.3. The van der Waals surface area contributed by atoms with Crippen LogP contribution < -0.4 is 10.1 Å². The maximum Gasteiger partial charge on any atom is 0.247 e. The van der Waals surface area contributed by atoms with E-state index in [0.717, 1.165) is 55.8 Å². The topological polar surface area (TPSA) is 82.1 Å². The molecule has 1 aromatic rings. The van der Waals surface area contributed by atoms with Crippen molar-refractivity contribution in [1.29, 1.82) is 0 Å². The third-order valence-corrected chi connectivity index (χ3v) is 7.46. The standard InChI is InChI=1S/C26H33N3O4/c30-20-8-10-26-11-9-24(31)27-12-1-2-13-28-14-3-15-29(18-28)25(32)7-5-19-4-6-22(21(26)16-19)33-23(26)17-20/h4-7,9,11,16,20,23,30H,1-3,8,10,12-15,17-18H2,(H,27,31)/b7-5-,11-9-. The number of amides is 2. The number of benzene rings is 1. The van der Waals surface area contributed by atoms with Crippen molar-refractivity contribution in [3.63, 3.8) is 0 Å². The Kier molecular flexibility index (Phi) is 6.25. The molecule has 1 saturated carbocycles. The summed E-state index contributed by atoms with van der Waals surface area (Å²) in [6.07, 6.45) is 11.3. The van der Waals surface area contributed by atoms with Gasteiger partial charge in [-0.3, -0.25) is 14.5 Å². The molecule has 176 valence electrons. The number of hydrogen-bond donors (Lipinski definition) is 2. The number of fused-ring (bicyclic) bond motifs is 3. The van der Waals surface area contributed by atoms with Crippen LogP contribution in [0.25, 0.3) is 6.08 Å². The molecule has 33 heavy (non-hydrogen) atoms. The lowest BCUT2D eigenvalue weighted by atomic mass is 9.67. The highest BCUT2D eigenvalue weighted by atomic mass is 16.5. The molecule has 7 nitrogen and oxygen atoms in total. The largest absolute Gasteiger partial charge is 0.489 e. The van der Waals surface area contributed by atoms with Crippen LogP contribution in [0, 0.1) is 0 Å². The van der Waals surface area contributed by atoms with E-state index in [1.54, 1.807) is 12.2 Å². The van der Waals surface area contributed by atoms with Crippen molar-refractivity contribution < 1.29 is 19.4 Å².